The first-order chi connectivity index (χ1) is 8.88. The van der Waals surface area contributed by atoms with Gasteiger partial charge in [0.2, 0.25) is 11.8 Å². The van der Waals surface area contributed by atoms with E-state index in [9.17, 15) is 9.59 Å². The van der Waals surface area contributed by atoms with Gasteiger partial charge in [0.1, 0.15) is 0 Å². The summed E-state index contributed by atoms with van der Waals surface area (Å²) in [6.07, 6.45) is 2.71. The van der Waals surface area contributed by atoms with Crippen molar-refractivity contribution >= 4 is 29.0 Å². The van der Waals surface area contributed by atoms with Gasteiger partial charge < -0.3 is 5.73 Å². The van der Waals surface area contributed by atoms with E-state index in [1.165, 1.54) is 4.90 Å². The molecule has 0 bridgehead atoms. The third kappa shape index (κ3) is 2.29. The molecule has 2 rings (SSSR count). The highest BCUT2D eigenvalue weighted by Crippen LogP contribution is 2.45. The Balaban J connectivity index is 2.25. The minimum atomic E-state index is -0.430. The smallest absolute Gasteiger partial charge is 0.233 e. The lowest BCUT2D eigenvalue weighted by Gasteiger charge is -2.29. The van der Waals surface area contributed by atoms with Crippen LogP contribution in [-0.2, 0) is 9.59 Å². The zero-order valence-electron chi connectivity index (χ0n) is 11.8. The SMILES string of the molecule is CCC1CC2C(=O)N(C(C(N)=S)C(C)C)C(=O)C2C1. The Hall–Kier alpha value is -0.970. The van der Waals surface area contributed by atoms with Gasteiger partial charge in [0.15, 0.2) is 0 Å². The number of nitrogens with two attached hydrogens (primary N) is 1. The number of thiocarbonyl (C=S) groups is 1. The maximum Gasteiger partial charge on any atom is 0.233 e. The second-order valence-corrected chi connectivity index (χ2v) is 6.57. The van der Waals surface area contributed by atoms with Crippen molar-refractivity contribution < 1.29 is 9.59 Å². The first-order valence-corrected chi connectivity index (χ1v) is 7.45. The number of imide groups is 1. The van der Waals surface area contributed by atoms with E-state index in [2.05, 4.69) is 6.92 Å². The first kappa shape index (κ1) is 14.4. The van der Waals surface area contributed by atoms with Crippen LogP contribution < -0.4 is 5.73 Å². The van der Waals surface area contributed by atoms with E-state index in [4.69, 9.17) is 18.0 Å². The Labute approximate surface area is 119 Å². The molecule has 3 unspecified atom stereocenters. The van der Waals surface area contributed by atoms with Crippen molar-refractivity contribution in [2.24, 2.45) is 29.4 Å². The fraction of sp³-hybridized carbons (Fsp3) is 0.786. The second kappa shape index (κ2) is 5.19. The van der Waals surface area contributed by atoms with E-state index in [1.807, 2.05) is 13.8 Å². The molecule has 3 atom stereocenters. The molecule has 1 saturated heterocycles. The summed E-state index contributed by atoms with van der Waals surface area (Å²) in [7, 11) is 0. The molecule has 1 aliphatic heterocycles. The highest BCUT2D eigenvalue weighted by molar-refractivity contribution is 7.80. The van der Waals surface area contributed by atoms with Crippen molar-refractivity contribution in [1.29, 1.82) is 0 Å². The van der Waals surface area contributed by atoms with E-state index >= 15 is 0 Å². The van der Waals surface area contributed by atoms with E-state index in [-0.39, 0.29) is 34.6 Å². The van der Waals surface area contributed by atoms with Crippen LogP contribution in [0.2, 0.25) is 0 Å². The number of fused-ring (bicyclic) bond motifs is 1. The fourth-order valence-electron chi connectivity index (χ4n) is 3.52. The number of nitrogens with zero attached hydrogens (tertiary/aromatic N) is 1. The van der Waals surface area contributed by atoms with Gasteiger partial charge in [0, 0.05) is 0 Å². The van der Waals surface area contributed by atoms with Gasteiger partial charge in [-0.15, -0.1) is 0 Å². The standard InChI is InChI=1S/C14H22N2O2S/c1-4-8-5-9-10(6-8)14(18)16(13(9)17)11(7(2)3)12(15)19/h7-11H,4-6H2,1-3H3,(H2,15,19). The average Bonchev–Trinajstić information content (AvgIpc) is 2.84. The molecule has 19 heavy (non-hydrogen) atoms. The molecule has 2 aliphatic rings. The zero-order chi connectivity index (χ0) is 14.3. The number of carbonyl (C=O) groups is 2. The summed E-state index contributed by atoms with van der Waals surface area (Å²) in [5.74, 6) is 0.189. The van der Waals surface area contributed by atoms with Crippen LogP contribution in [0, 0.1) is 23.7 Å². The molecule has 2 fully saturated rings. The number of rotatable bonds is 4. The lowest BCUT2D eigenvalue weighted by molar-refractivity contribution is -0.142. The van der Waals surface area contributed by atoms with Crippen molar-refractivity contribution in [2.45, 2.75) is 46.1 Å². The van der Waals surface area contributed by atoms with E-state index in [0.29, 0.717) is 5.92 Å². The summed E-state index contributed by atoms with van der Waals surface area (Å²) in [4.78, 5) is 26.6. The van der Waals surface area contributed by atoms with Crippen molar-refractivity contribution in [3.8, 4) is 0 Å². The Morgan fingerprint density at radius 2 is 1.79 bits per heavy atom. The van der Waals surface area contributed by atoms with Gasteiger partial charge in [-0.1, -0.05) is 39.4 Å². The summed E-state index contributed by atoms with van der Waals surface area (Å²) in [5.41, 5.74) is 5.73. The third-order valence-corrected chi connectivity index (χ3v) is 4.79. The summed E-state index contributed by atoms with van der Waals surface area (Å²) in [5, 5.41) is 0. The molecular formula is C14H22N2O2S. The van der Waals surface area contributed by atoms with Crippen LogP contribution in [0.4, 0.5) is 0 Å². The molecule has 1 aliphatic carbocycles. The monoisotopic (exact) mass is 282 g/mol. The lowest BCUT2D eigenvalue weighted by Crippen LogP contribution is -2.50. The summed E-state index contributed by atoms with van der Waals surface area (Å²) in [6, 6.07) is -0.430. The Morgan fingerprint density at radius 3 is 2.11 bits per heavy atom. The molecule has 0 spiro atoms. The average molecular weight is 282 g/mol. The molecule has 4 nitrogen and oxygen atoms in total. The van der Waals surface area contributed by atoms with Crippen LogP contribution in [0.25, 0.3) is 0 Å². The highest BCUT2D eigenvalue weighted by Gasteiger charge is 2.54. The Kier molecular flexibility index (Phi) is 3.95. The topological polar surface area (TPSA) is 63.4 Å². The number of amides is 2. The summed E-state index contributed by atoms with van der Waals surface area (Å²) < 4.78 is 0. The van der Waals surface area contributed by atoms with Crippen molar-refractivity contribution in [1.82, 2.24) is 4.90 Å². The van der Waals surface area contributed by atoms with Gasteiger partial charge in [0.05, 0.1) is 22.9 Å². The summed E-state index contributed by atoms with van der Waals surface area (Å²) in [6.45, 7) is 5.99. The van der Waals surface area contributed by atoms with Crippen molar-refractivity contribution in [3.63, 3.8) is 0 Å². The van der Waals surface area contributed by atoms with Gasteiger partial charge in [-0.2, -0.15) is 0 Å². The molecule has 0 aromatic rings. The molecule has 0 aromatic carbocycles. The molecule has 1 saturated carbocycles. The molecule has 0 radical (unpaired) electrons. The molecular weight excluding hydrogens is 260 g/mol. The Bertz CT molecular complexity index is 398. The quantitative estimate of drug-likeness (QED) is 0.630. The first-order valence-electron chi connectivity index (χ1n) is 7.04. The lowest BCUT2D eigenvalue weighted by atomic mass is 10.00. The van der Waals surface area contributed by atoms with Gasteiger partial charge in [-0.25, -0.2) is 0 Å². The maximum absolute atomic E-state index is 12.5. The van der Waals surface area contributed by atoms with Crippen molar-refractivity contribution in [2.75, 3.05) is 0 Å². The number of hydrogen-bond donors (Lipinski definition) is 1. The predicted molar refractivity (Wildman–Crippen MR) is 77.3 cm³/mol. The number of likely N-dealkylation sites (tertiary alicyclic amines) is 1. The molecule has 106 valence electrons. The summed E-state index contributed by atoms with van der Waals surface area (Å²) >= 11 is 5.04. The normalized spacial score (nSPS) is 32.0. The van der Waals surface area contributed by atoms with Crippen LogP contribution in [0.3, 0.4) is 0 Å². The van der Waals surface area contributed by atoms with E-state index in [0.717, 1.165) is 19.3 Å². The minimum absolute atomic E-state index is 0.0579. The van der Waals surface area contributed by atoms with Gasteiger partial charge in [-0.05, 0) is 24.7 Å². The maximum atomic E-state index is 12.5. The number of hydrogen-bond acceptors (Lipinski definition) is 3. The predicted octanol–water partition coefficient (Wildman–Crippen LogP) is 1.72. The second-order valence-electron chi connectivity index (χ2n) is 6.10. The van der Waals surface area contributed by atoms with Gasteiger partial charge in [-0.3, -0.25) is 14.5 Å². The highest BCUT2D eigenvalue weighted by atomic mass is 32.1. The Morgan fingerprint density at radius 1 is 1.32 bits per heavy atom. The molecule has 5 heteroatoms. The minimum Gasteiger partial charge on any atom is -0.392 e. The van der Waals surface area contributed by atoms with E-state index < -0.39 is 6.04 Å². The largest absolute Gasteiger partial charge is 0.392 e. The van der Waals surface area contributed by atoms with Crippen LogP contribution >= 0.6 is 12.2 Å². The van der Waals surface area contributed by atoms with Crippen LogP contribution in [0.5, 0.6) is 0 Å². The molecule has 2 N–H and O–H groups in total. The van der Waals surface area contributed by atoms with Crippen LogP contribution in [0.1, 0.15) is 40.0 Å². The molecule has 2 amide bonds. The third-order valence-electron chi connectivity index (χ3n) is 4.55. The molecule has 1 heterocycles. The molecule has 0 aromatic heterocycles. The fourth-order valence-corrected chi connectivity index (χ4v) is 3.89. The number of carbonyl (C=O) groups excluding carboxylic acids is 2. The van der Waals surface area contributed by atoms with Crippen LogP contribution in [-0.4, -0.2) is 27.7 Å². The van der Waals surface area contributed by atoms with E-state index in [1.54, 1.807) is 0 Å². The van der Waals surface area contributed by atoms with Gasteiger partial charge in [0.25, 0.3) is 0 Å². The zero-order valence-corrected chi connectivity index (χ0v) is 12.6. The van der Waals surface area contributed by atoms with Crippen molar-refractivity contribution in [3.05, 3.63) is 0 Å². The van der Waals surface area contributed by atoms with Crippen LogP contribution in [0.15, 0.2) is 0 Å². The van der Waals surface area contributed by atoms with Gasteiger partial charge >= 0.3 is 0 Å².